The summed E-state index contributed by atoms with van der Waals surface area (Å²) in [5, 5.41) is 11.2. The number of aliphatic carboxylic acids is 1. The Morgan fingerprint density at radius 2 is 2.05 bits per heavy atom. The fraction of sp³-hybridized carbons (Fsp3) is 0.333. The Balaban J connectivity index is 2.16. The van der Waals surface area contributed by atoms with Crippen LogP contribution in [0.3, 0.4) is 0 Å². The van der Waals surface area contributed by atoms with Crippen LogP contribution in [-0.2, 0) is 4.79 Å². The first kappa shape index (κ1) is 14.7. The Kier molecular flexibility index (Phi) is 4.22. The molecule has 2 N–H and O–H groups in total. The number of rotatable bonds is 2. The minimum Gasteiger partial charge on any atom is -0.480 e. The smallest absolute Gasteiger partial charge is 0.326 e. The van der Waals surface area contributed by atoms with Gasteiger partial charge in [0.2, 0.25) is 0 Å². The van der Waals surface area contributed by atoms with Gasteiger partial charge in [-0.3, -0.25) is 0 Å². The standard InChI is InChI=1S/C12H11BrF2N2O3/c13-6-4-9(8(15)5-7(6)14)16-12(20)17-3-1-2-10(17)11(18)19/h4-5,10H,1-3H2,(H,16,20)(H,18,19). The molecule has 5 nitrogen and oxygen atoms in total. The zero-order chi connectivity index (χ0) is 14.9. The summed E-state index contributed by atoms with van der Waals surface area (Å²) >= 11 is 2.89. The van der Waals surface area contributed by atoms with Gasteiger partial charge in [0.1, 0.15) is 17.7 Å². The number of nitrogens with zero attached hydrogens (tertiary/aromatic N) is 1. The van der Waals surface area contributed by atoms with Crippen LogP contribution in [0.1, 0.15) is 12.8 Å². The number of halogens is 3. The third-order valence-electron chi connectivity index (χ3n) is 3.05. The number of carbonyl (C=O) groups excluding carboxylic acids is 1. The molecule has 1 saturated heterocycles. The first-order chi connectivity index (χ1) is 9.40. The molecule has 0 bridgehead atoms. The number of anilines is 1. The average molecular weight is 349 g/mol. The molecule has 1 aliphatic heterocycles. The Labute approximate surface area is 121 Å². The van der Waals surface area contributed by atoms with Crippen LogP contribution >= 0.6 is 15.9 Å². The maximum absolute atomic E-state index is 13.5. The van der Waals surface area contributed by atoms with Crippen molar-refractivity contribution in [3.05, 3.63) is 28.2 Å². The summed E-state index contributed by atoms with van der Waals surface area (Å²) in [6, 6.07) is 0.0986. The maximum Gasteiger partial charge on any atom is 0.326 e. The predicted octanol–water partition coefficient (Wildman–Crippen LogP) is 2.81. The van der Waals surface area contributed by atoms with Crippen LogP contribution in [-0.4, -0.2) is 34.6 Å². The van der Waals surface area contributed by atoms with E-state index < -0.39 is 29.7 Å². The van der Waals surface area contributed by atoms with E-state index in [2.05, 4.69) is 21.2 Å². The Hall–Kier alpha value is -1.70. The van der Waals surface area contributed by atoms with Crippen LogP contribution in [0.15, 0.2) is 16.6 Å². The van der Waals surface area contributed by atoms with Gasteiger partial charge in [-0.05, 0) is 34.8 Å². The summed E-state index contributed by atoms with van der Waals surface area (Å²) < 4.78 is 26.6. The average Bonchev–Trinajstić information content (AvgIpc) is 2.85. The molecular formula is C12H11BrF2N2O3. The van der Waals surface area contributed by atoms with Crippen LogP contribution in [0.2, 0.25) is 0 Å². The molecule has 0 saturated carbocycles. The molecular weight excluding hydrogens is 338 g/mol. The fourth-order valence-electron chi connectivity index (χ4n) is 2.07. The number of carboxylic acid groups (broad SMARTS) is 1. The molecule has 8 heteroatoms. The van der Waals surface area contributed by atoms with Crippen LogP contribution < -0.4 is 5.32 Å². The summed E-state index contributed by atoms with van der Waals surface area (Å²) in [7, 11) is 0. The largest absolute Gasteiger partial charge is 0.480 e. The van der Waals surface area contributed by atoms with Gasteiger partial charge in [0.25, 0.3) is 0 Å². The lowest BCUT2D eigenvalue weighted by molar-refractivity contribution is -0.141. The van der Waals surface area contributed by atoms with E-state index in [1.54, 1.807) is 0 Å². The highest BCUT2D eigenvalue weighted by Crippen LogP contribution is 2.25. The van der Waals surface area contributed by atoms with E-state index in [-0.39, 0.29) is 16.7 Å². The lowest BCUT2D eigenvalue weighted by Gasteiger charge is -2.22. The number of carboxylic acids is 1. The molecule has 2 amide bonds. The van der Waals surface area contributed by atoms with E-state index in [0.29, 0.717) is 18.9 Å². The van der Waals surface area contributed by atoms with E-state index in [1.807, 2.05) is 0 Å². The highest BCUT2D eigenvalue weighted by atomic mass is 79.9. The molecule has 1 unspecified atom stereocenters. The summed E-state index contributed by atoms with van der Waals surface area (Å²) in [6.07, 6.45) is 0.929. The fourth-order valence-corrected chi connectivity index (χ4v) is 2.42. The number of nitrogens with one attached hydrogen (secondary N) is 1. The molecule has 1 aromatic carbocycles. The van der Waals surface area contributed by atoms with E-state index in [4.69, 9.17) is 5.11 Å². The van der Waals surface area contributed by atoms with Gasteiger partial charge in [-0.25, -0.2) is 18.4 Å². The summed E-state index contributed by atoms with van der Waals surface area (Å²) in [5.41, 5.74) is -0.209. The van der Waals surface area contributed by atoms with Crippen molar-refractivity contribution in [2.45, 2.75) is 18.9 Å². The van der Waals surface area contributed by atoms with Crippen LogP contribution in [0.4, 0.5) is 19.3 Å². The number of amides is 2. The second-order valence-electron chi connectivity index (χ2n) is 4.37. The molecule has 2 rings (SSSR count). The molecule has 1 heterocycles. The number of hydrogen-bond acceptors (Lipinski definition) is 2. The van der Waals surface area contributed by atoms with E-state index in [1.165, 1.54) is 0 Å². The molecule has 1 fully saturated rings. The van der Waals surface area contributed by atoms with Gasteiger partial charge in [-0.1, -0.05) is 0 Å². The van der Waals surface area contributed by atoms with Gasteiger partial charge in [-0.2, -0.15) is 0 Å². The molecule has 0 radical (unpaired) electrons. The molecule has 108 valence electrons. The zero-order valence-electron chi connectivity index (χ0n) is 10.2. The normalized spacial score (nSPS) is 18.1. The number of benzene rings is 1. The first-order valence-corrected chi connectivity index (χ1v) is 6.64. The Morgan fingerprint density at radius 1 is 1.35 bits per heavy atom. The van der Waals surface area contributed by atoms with Gasteiger partial charge in [0, 0.05) is 12.6 Å². The van der Waals surface area contributed by atoms with Crippen molar-refractivity contribution in [1.29, 1.82) is 0 Å². The minimum absolute atomic E-state index is 0.00501. The van der Waals surface area contributed by atoms with Crippen molar-refractivity contribution in [2.24, 2.45) is 0 Å². The Bertz CT molecular complexity index is 568. The highest BCUT2D eigenvalue weighted by Gasteiger charge is 2.34. The monoisotopic (exact) mass is 348 g/mol. The van der Waals surface area contributed by atoms with E-state index in [9.17, 15) is 18.4 Å². The highest BCUT2D eigenvalue weighted by molar-refractivity contribution is 9.10. The number of hydrogen-bond donors (Lipinski definition) is 2. The van der Waals surface area contributed by atoms with Crippen molar-refractivity contribution < 1.29 is 23.5 Å². The predicted molar refractivity (Wildman–Crippen MR) is 70.4 cm³/mol. The lowest BCUT2D eigenvalue weighted by atomic mass is 10.2. The van der Waals surface area contributed by atoms with Crippen LogP contribution in [0.5, 0.6) is 0 Å². The van der Waals surface area contributed by atoms with Gasteiger partial charge >= 0.3 is 12.0 Å². The summed E-state index contributed by atoms with van der Waals surface area (Å²) in [5.74, 6) is -2.81. The van der Waals surface area contributed by atoms with Crippen molar-refractivity contribution in [1.82, 2.24) is 4.90 Å². The SMILES string of the molecule is O=C(O)C1CCCN1C(=O)Nc1cc(Br)c(F)cc1F. The second-order valence-corrected chi connectivity index (χ2v) is 5.22. The number of urea groups is 1. The number of carbonyl (C=O) groups is 2. The zero-order valence-corrected chi connectivity index (χ0v) is 11.8. The third-order valence-corrected chi connectivity index (χ3v) is 3.66. The van der Waals surface area contributed by atoms with Gasteiger partial charge in [0.05, 0.1) is 10.2 Å². The topological polar surface area (TPSA) is 69.6 Å². The lowest BCUT2D eigenvalue weighted by Crippen LogP contribution is -2.42. The van der Waals surface area contributed by atoms with Crippen LogP contribution in [0, 0.1) is 11.6 Å². The number of likely N-dealkylation sites (tertiary alicyclic amines) is 1. The molecule has 20 heavy (non-hydrogen) atoms. The molecule has 1 aromatic rings. The van der Waals surface area contributed by atoms with E-state index in [0.717, 1.165) is 11.0 Å². The second kappa shape index (κ2) is 5.74. The van der Waals surface area contributed by atoms with Crippen LogP contribution in [0.25, 0.3) is 0 Å². The van der Waals surface area contributed by atoms with Crippen molar-refractivity contribution >= 4 is 33.6 Å². The third kappa shape index (κ3) is 2.90. The minimum atomic E-state index is -1.10. The molecule has 1 aliphatic rings. The molecule has 0 spiro atoms. The van der Waals surface area contributed by atoms with E-state index >= 15 is 0 Å². The van der Waals surface area contributed by atoms with Crippen molar-refractivity contribution in [3.8, 4) is 0 Å². The first-order valence-electron chi connectivity index (χ1n) is 5.85. The van der Waals surface area contributed by atoms with Gasteiger partial charge < -0.3 is 15.3 Å². The van der Waals surface area contributed by atoms with Gasteiger partial charge in [0.15, 0.2) is 0 Å². The molecule has 0 aliphatic carbocycles. The summed E-state index contributed by atoms with van der Waals surface area (Å²) in [4.78, 5) is 24.1. The molecule has 0 aromatic heterocycles. The van der Waals surface area contributed by atoms with Crippen molar-refractivity contribution in [2.75, 3.05) is 11.9 Å². The summed E-state index contributed by atoms with van der Waals surface area (Å²) in [6.45, 7) is 0.285. The molecule has 1 atom stereocenters. The maximum atomic E-state index is 13.5. The van der Waals surface area contributed by atoms with Crippen molar-refractivity contribution in [3.63, 3.8) is 0 Å². The Morgan fingerprint density at radius 3 is 2.70 bits per heavy atom. The van der Waals surface area contributed by atoms with Gasteiger partial charge in [-0.15, -0.1) is 0 Å². The quantitative estimate of drug-likeness (QED) is 0.807.